The third-order valence-electron chi connectivity index (χ3n) is 4.04. The van der Waals surface area contributed by atoms with E-state index < -0.39 is 0 Å². The Morgan fingerprint density at radius 2 is 2.20 bits per heavy atom. The van der Waals surface area contributed by atoms with Crippen molar-refractivity contribution in [2.24, 2.45) is 0 Å². The molecule has 1 aromatic carbocycles. The van der Waals surface area contributed by atoms with Gasteiger partial charge < -0.3 is 5.32 Å². The molecule has 0 bridgehead atoms. The highest BCUT2D eigenvalue weighted by atomic mass is 19.1. The molecule has 2 heterocycles. The number of halogens is 1. The van der Waals surface area contributed by atoms with E-state index in [1.807, 2.05) is 18.5 Å². The van der Waals surface area contributed by atoms with Crippen molar-refractivity contribution in [2.45, 2.75) is 32.9 Å². The van der Waals surface area contributed by atoms with E-state index in [0.29, 0.717) is 6.54 Å². The van der Waals surface area contributed by atoms with Crippen LogP contribution in [0.2, 0.25) is 0 Å². The summed E-state index contributed by atoms with van der Waals surface area (Å²) in [6.07, 6.45) is 0.832. The van der Waals surface area contributed by atoms with Crippen molar-refractivity contribution in [3.8, 4) is 0 Å². The van der Waals surface area contributed by atoms with Crippen LogP contribution in [0.4, 0.5) is 4.39 Å². The summed E-state index contributed by atoms with van der Waals surface area (Å²) in [5, 5.41) is 6.13. The lowest BCUT2D eigenvalue weighted by molar-refractivity contribution is 0.513. The molecule has 0 fully saturated rings. The maximum absolute atomic E-state index is 13.2. The lowest BCUT2D eigenvalue weighted by Crippen LogP contribution is -2.27. The van der Waals surface area contributed by atoms with E-state index in [-0.39, 0.29) is 17.4 Å². The second-order valence-electron chi connectivity index (χ2n) is 5.34. The zero-order chi connectivity index (χ0) is 14.3. The van der Waals surface area contributed by atoms with Gasteiger partial charge >= 0.3 is 0 Å². The summed E-state index contributed by atoms with van der Waals surface area (Å²) in [6.45, 7) is 5.41. The lowest BCUT2D eigenvalue weighted by atomic mass is 10.0. The Balaban J connectivity index is 2.06. The topological polar surface area (TPSA) is 49.8 Å². The van der Waals surface area contributed by atoms with Crippen LogP contribution in [0.5, 0.6) is 0 Å². The molecular formula is C15H18FN3O. The summed E-state index contributed by atoms with van der Waals surface area (Å²) in [7, 11) is 0. The molecule has 4 nitrogen and oxygen atoms in total. The van der Waals surface area contributed by atoms with Crippen molar-refractivity contribution in [3.05, 3.63) is 56.8 Å². The van der Waals surface area contributed by atoms with Gasteiger partial charge in [0, 0.05) is 25.2 Å². The van der Waals surface area contributed by atoms with Crippen LogP contribution >= 0.6 is 0 Å². The van der Waals surface area contributed by atoms with E-state index >= 15 is 0 Å². The fourth-order valence-electron chi connectivity index (χ4n) is 2.97. The van der Waals surface area contributed by atoms with Crippen molar-refractivity contribution >= 4 is 0 Å². The highest BCUT2D eigenvalue weighted by Gasteiger charge is 2.22. The predicted molar refractivity (Wildman–Crippen MR) is 75.4 cm³/mol. The van der Waals surface area contributed by atoms with Crippen LogP contribution in [0.15, 0.2) is 23.0 Å². The second kappa shape index (κ2) is 4.90. The number of H-pyrrole nitrogens is 1. The Hall–Kier alpha value is -1.88. The molecule has 2 aromatic rings. The van der Waals surface area contributed by atoms with Crippen LogP contribution in [0.25, 0.3) is 0 Å². The molecule has 1 atom stereocenters. The summed E-state index contributed by atoms with van der Waals surface area (Å²) >= 11 is 0. The Morgan fingerprint density at radius 1 is 1.40 bits per heavy atom. The van der Waals surface area contributed by atoms with Gasteiger partial charge in [-0.15, -0.1) is 0 Å². The Morgan fingerprint density at radius 3 is 2.95 bits per heavy atom. The van der Waals surface area contributed by atoms with Crippen LogP contribution in [-0.4, -0.2) is 16.3 Å². The Bertz CT molecular complexity index is 702. The Kier molecular flexibility index (Phi) is 3.22. The third-order valence-corrected chi connectivity index (χ3v) is 4.04. The molecule has 0 radical (unpaired) electrons. The zero-order valence-corrected chi connectivity index (χ0v) is 11.7. The molecular weight excluding hydrogens is 257 g/mol. The fraction of sp³-hybridized carbons (Fsp3) is 0.400. The van der Waals surface area contributed by atoms with E-state index in [4.69, 9.17) is 0 Å². The van der Waals surface area contributed by atoms with E-state index in [0.717, 1.165) is 35.3 Å². The molecule has 5 heteroatoms. The number of hydrogen-bond donors (Lipinski definition) is 2. The summed E-state index contributed by atoms with van der Waals surface area (Å²) < 4.78 is 15.1. The van der Waals surface area contributed by atoms with E-state index in [9.17, 15) is 9.18 Å². The largest absolute Gasteiger partial charge is 0.312 e. The van der Waals surface area contributed by atoms with Crippen molar-refractivity contribution < 1.29 is 4.39 Å². The fourth-order valence-corrected chi connectivity index (χ4v) is 2.97. The van der Waals surface area contributed by atoms with Gasteiger partial charge in [0.15, 0.2) is 0 Å². The lowest BCUT2D eigenvalue weighted by Gasteiger charge is -2.21. The minimum Gasteiger partial charge on any atom is -0.312 e. The number of aromatic nitrogens is 2. The minimum atomic E-state index is -0.231. The van der Waals surface area contributed by atoms with Crippen molar-refractivity contribution in [3.63, 3.8) is 0 Å². The number of nitrogens with zero attached hydrogens (tertiary/aromatic N) is 1. The molecule has 20 heavy (non-hydrogen) atoms. The average molecular weight is 275 g/mol. The first-order chi connectivity index (χ1) is 9.58. The molecule has 1 aliphatic heterocycles. The summed E-state index contributed by atoms with van der Waals surface area (Å²) in [4.78, 5) is 12.0. The third kappa shape index (κ3) is 2.08. The van der Waals surface area contributed by atoms with E-state index in [1.54, 1.807) is 6.07 Å². The number of hydrogen-bond acceptors (Lipinski definition) is 2. The number of aromatic amines is 1. The molecule has 0 saturated carbocycles. The summed E-state index contributed by atoms with van der Waals surface area (Å²) in [5.74, 6) is -0.231. The average Bonchev–Trinajstić information content (AvgIpc) is 2.76. The van der Waals surface area contributed by atoms with Gasteiger partial charge in [0.2, 0.25) is 0 Å². The molecule has 1 aromatic heterocycles. The standard InChI is InChI=1S/C15H18FN3O/c1-9-7-11(16)3-4-12(9)10(2)19-14-5-6-17-8-13(14)15(20)18-19/h3-4,7,10,17H,5-6,8H2,1-2H3,(H,18,20). The first kappa shape index (κ1) is 13.1. The van der Waals surface area contributed by atoms with Gasteiger partial charge in [0.1, 0.15) is 5.82 Å². The van der Waals surface area contributed by atoms with Gasteiger partial charge in [0.25, 0.3) is 5.56 Å². The van der Waals surface area contributed by atoms with Crippen LogP contribution in [0.1, 0.15) is 35.3 Å². The summed E-state index contributed by atoms with van der Waals surface area (Å²) in [6, 6.07) is 4.78. The van der Waals surface area contributed by atoms with Crippen LogP contribution in [-0.2, 0) is 13.0 Å². The molecule has 3 rings (SSSR count). The van der Waals surface area contributed by atoms with Gasteiger partial charge in [-0.1, -0.05) is 6.07 Å². The van der Waals surface area contributed by atoms with Gasteiger partial charge in [0.05, 0.1) is 11.6 Å². The van der Waals surface area contributed by atoms with Gasteiger partial charge in [-0.05, 0) is 37.1 Å². The number of fused-ring (bicyclic) bond motifs is 1. The van der Waals surface area contributed by atoms with Gasteiger partial charge in [-0.2, -0.15) is 0 Å². The van der Waals surface area contributed by atoms with Crippen molar-refractivity contribution in [1.29, 1.82) is 0 Å². The van der Waals surface area contributed by atoms with E-state index in [2.05, 4.69) is 10.4 Å². The minimum absolute atomic E-state index is 0.00912. The maximum Gasteiger partial charge on any atom is 0.268 e. The van der Waals surface area contributed by atoms with Gasteiger partial charge in [-0.3, -0.25) is 14.6 Å². The number of rotatable bonds is 2. The molecule has 0 saturated heterocycles. The highest BCUT2D eigenvalue weighted by molar-refractivity contribution is 5.31. The smallest absolute Gasteiger partial charge is 0.268 e. The zero-order valence-electron chi connectivity index (χ0n) is 11.7. The van der Waals surface area contributed by atoms with Crippen molar-refractivity contribution in [2.75, 3.05) is 6.54 Å². The highest BCUT2D eigenvalue weighted by Crippen LogP contribution is 2.24. The Labute approximate surface area is 116 Å². The molecule has 0 spiro atoms. The van der Waals surface area contributed by atoms with Crippen molar-refractivity contribution in [1.82, 2.24) is 15.1 Å². The predicted octanol–water partition coefficient (Wildman–Crippen LogP) is 1.88. The van der Waals surface area contributed by atoms with Crippen LogP contribution in [0, 0.1) is 12.7 Å². The molecule has 1 aliphatic rings. The number of aryl methyl sites for hydroxylation is 1. The number of nitrogens with one attached hydrogen (secondary N) is 2. The quantitative estimate of drug-likeness (QED) is 0.879. The number of benzene rings is 1. The van der Waals surface area contributed by atoms with E-state index in [1.165, 1.54) is 12.1 Å². The normalized spacial score (nSPS) is 15.9. The van der Waals surface area contributed by atoms with Crippen LogP contribution in [0.3, 0.4) is 0 Å². The molecule has 1 unspecified atom stereocenters. The summed E-state index contributed by atoms with van der Waals surface area (Å²) in [5.41, 5.74) is 3.78. The monoisotopic (exact) mass is 275 g/mol. The SMILES string of the molecule is Cc1cc(F)ccc1C(C)n1[nH]c(=O)c2c1CCNC2. The molecule has 0 amide bonds. The maximum atomic E-state index is 13.2. The molecule has 0 aliphatic carbocycles. The second-order valence-corrected chi connectivity index (χ2v) is 5.34. The molecule has 106 valence electrons. The van der Waals surface area contributed by atoms with Crippen LogP contribution < -0.4 is 10.9 Å². The molecule has 2 N–H and O–H groups in total. The van der Waals surface area contributed by atoms with Gasteiger partial charge in [-0.25, -0.2) is 4.39 Å². The first-order valence-electron chi connectivity index (χ1n) is 6.87. The first-order valence-corrected chi connectivity index (χ1v) is 6.87.